The molecular weight excluding hydrogens is 242 g/mol. The van der Waals surface area contributed by atoms with E-state index >= 15 is 0 Å². The second-order valence-electron chi connectivity index (χ2n) is 4.22. The van der Waals surface area contributed by atoms with Gasteiger partial charge >= 0.3 is 0 Å². The van der Waals surface area contributed by atoms with Crippen molar-refractivity contribution in [3.05, 3.63) is 52.8 Å². The number of pyridine rings is 1. The molecule has 0 saturated carbocycles. The Hall–Kier alpha value is -2.69. The van der Waals surface area contributed by atoms with Crippen molar-refractivity contribution >= 4 is 11.0 Å². The van der Waals surface area contributed by atoms with Crippen LogP contribution in [0.25, 0.3) is 22.3 Å². The molecule has 0 atom stereocenters. The highest BCUT2D eigenvalue weighted by molar-refractivity contribution is 5.79. The SMILES string of the molecule is Cn1ncc2ccc(-c3ccccc(=O)c3O)nc21. The third-order valence-corrected chi connectivity index (χ3v) is 2.97. The number of aryl methyl sites for hydroxylation is 1. The molecule has 2 aromatic heterocycles. The van der Waals surface area contributed by atoms with Gasteiger partial charge in [0.05, 0.1) is 11.9 Å². The Morgan fingerprint density at radius 1 is 1.16 bits per heavy atom. The average molecular weight is 253 g/mol. The molecule has 0 radical (unpaired) electrons. The molecule has 94 valence electrons. The third-order valence-electron chi connectivity index (χ3n) is 2.97. The van der Waals surface area contributed by atoms with Crippen molar-refractivity contribution in [1.29, 1.82) is 0 Å². The molecule has 19 heavy (non-hydrogen) atoms. The Morgan fingerprint density at radius 3 is 2.79 bits per heavy atom. The summed E-state index contributed by atoms with van der Waals surface area (Å²) in [5.41, 5.74) is 1.24. The average Bonchev–Trinajstić information content (AvgIpc) is 2.70. The van der Waals surface area contributed by atoms with E-state index in [-0.39, 0.29) is 5.75 Å². The Bertz CT molecular complexity index is 824. The Balaban J connectivity index is 2.31. The first-order valence-electron chi connectivity index (χ1n) is 5.78. The second kappa shape index (κ2) is 4.20. The topological polar surface area (TPSA) is 68.0 Å². The summed E-state index contributed by atoms with van der Waals surface area (Å²) in [6.45, 7) is 0. The van der Waals surface area contributed by atoms with E-state index in [0.717, 1.165) is 5.39 Å². The van der Waals surface area contributed by atoms with Crippen molar-refractivity contribution in [3.63, 3.8) is 0 Å². The number of hydrogen-bond donors (Lipinski definition) is 1. The van der Waals surface area contributed by atoms with Crippen LogP contribution >= 0.6 is 0 Å². The molecule has 0 aliphatic rings. The van der Waals surface area contributed by atoms with Crippen molar-refractivity contribution in [2.45, 2.75) is 0 Å². The zero-order valence-corrected chi connectivity index (χ0v) is 10.2. The maximum atomic E-state index is 11.6. The quantitative estimate of drug-likeness (QED) is 0.716. The van der Waals surface area contributed by atoms with Gasteiger partial charge in [-0.2, -0.15) is 5.10 Å². The Kier molecular flexibility index (Phi) is 2.52. The normalized spacial score (nSPS) is 10.8. The molecule has 0 spiro atoms. The number of nitrogens with zero attached hydrogens (tertiary/aromatic N) is 3. The fraction of sp³-hybridized carbons (Fsp3) is 0.0714. The van der Waals surface area contributed by atoms with Gasteiger partial charge in [-0.15, -0.1) is 0 Å². The van der Waals surface area contributed by atoms with E-state index in [0.29, 0.717) is 16.9 Å². The summed E-state index contributed by atoms with van der Waals surface area (Å²) >= 11 is 0. The van der Waals surface area contributed by atoms with E-state index in [1.807, 2.05) is 6.07 Å². The van der Waals surface area contributed by atoms with E-state index < -0.39 is 5.43 Å². The number of fused-ring (bicyclic) bond motifs is 1. The van der Waals surface area contributed by atoms with Crippen LogP contribution in [0.3, 0.4) is 0 Å². The van der Waals surface area contributed by atoms with Crippen molar-refractivity contribution in [3.8, 4) is 17.0 Å². The molecule has 0 aliphatic carbocycles. The highest BCUT2D eigenvalue weighted by Gasteiger charge is 2.09. The van der Waals surface area contributed by atoms with Crippen LogP contribution in [0.2, 0.25) is 0 Å². The molecule has 1 aromatic carbocycles. The first kappa shape index (κ1) is 11.4. The van der Waals surface area contributed by atoms with Crippen LogP contribution < -0.4 is 5.43 Å². The van der Waals surface area contributed by atoms with Crippen molar-refractivity contribution in [2.75, 3.05) is 0 Å². The van der Waals surface area contributed by atoms with E-state index in [1.165, 1.54) is 6.07 Å². The van der Waals surface area contributed by atoms with E-state index in [2.05, 4.69) is 10.1 Å². The number of aromatic hydroxyl groups is 1. The zero-order chi connectivity index (χ0) is 13.4. The van der Waals surface area contributed by atoms with Crippen LogP contribution in [0.1, 0.15) is 0 Å². The number of aromatic nitrogens is 3. The van der Waals surface area contributed by atoms with Crippen LogP contribution in [0.5, 0.6) is 5.75 Å². The van der Waals surface area contributed by atoms with Gasteiger partial charge in [-0.05, 0) is 24.3 Å². The maximum absolute atomic E-state index is 11.6. The smallest absolute Gasteiger partial charge is 0.220 e. The predicted molar refractivity (Wildman–Crippen MR) is 71.9 cm³/mol. The molecule has 2 heterocycles. The van der Waals surface area contributed by atoms with Gasteiger partial charge < -0.3 is 5.11 Å². The molecule has 0 amide bonds. The van der Waals surface area contributed by atoms with Gasteiger partial charge in [-0.3, -0.25) is 9.48 Å². The summed E-state index contributed by atoms with van der Waals surface area (Å²) in [7, 11) is 1.79. The fourth-order valence-corrected chi connectivity index (χ4v) is 1.96. The van der Waals surface area contributed by atoms with Crippen LogP contribution in [0.4, 0.5) is 0 Å². The van der Waals surface area contributed by atoms with Gasteiger partial charge in [-0.25, -0.2) is 4.98 Å². The molecule has 0 aliphatic heterocycles. The largest absolute Gasteiger partial charge is 0.504 e. The van der Waals surface area contributed by atoms with E-state index in [1.54, 1.807) is 42.2 Å². The van der Waals surface area contributed by atoms with Crippen LogP contribution in [-0.2, 0) is 7.05 Å². The van der Waals surface area contributed by atoms with Crippen LogP contribution in [0, 0.1) is 0 Å². The molecule has 0 fully saturated rings. The maximum Gasteiger partial charge on any atom is 0.220 e. The zero-order valence-electron chi connectivity index (χ0n) is 10.2. The molecule has 5 heteroatoms. The monoisotopic (exact) mass is 253 g/mol. The lowest BCUT2D eigenvalue weighted by Gasteiger charge is -2.01. The molecule has 5 nitrogen and oxygen atoms in total. The van der Waals surface area contributed by atoms with Gasteiger partial charge in [0.25, 0.3) is 0 Å². The number of hydrogen-bond acceptors (Lipinski definition) is 4. The lowest BCUT2D eigenvalue weighted by molar-refractivity contribution is 0.473. The summed E-state index contributed by atoms with van der Waals surface area (Å²) in [6, 6.07) is 9.91. The lowest BCUT2D eigenvalue weighted by Crippen LogP contribution is -1.97. The van der Waals surface area contributed by atoms with Gasteiger partial charge in [-0.1, -0.05) is 12.1 Å². The Morgan fingerprint density at radius 2 is 1.95 bits per heavy atom. The molecule has 3 aromatic rings. The summed E-state index contributed by atoms with van der Waals surface area (Å²) in [5, 5.41) is 15.0. The van der Waals surface area contributed by atoms with Gasteiger partial charge in [0.1, 0.15) is 0 Å². The molecule has 0 saturated heterocycles. The minimum absolute atomic E-state index is 0.293. The molecule has 3 rings (SSSR count). The van der Waals surface area contributed by atoms with Crippen molar-refractivity contribution < 1.29 is 5.11 Å². The molecule has 1 N–H and O–H groups in total. The van der Waals surface area contributed by atoms with Gasteiger partial charge in [0, 0.05) is 18.0 Å². The lowest BCUT2D eigenvalue weighted by atomic mass is 10.1. The van der Waals surface area contributed by atoms with Gasteiger partial charge in [0.2, 0.25) is 5.43 Å². The van der Waals surface area contributed by atoms with E-state index in [9.17, 15) is 9.90 Å². The summed E-state index contributed by atoms with van der Waals surface area (Å²) in [5.74, 6) is -0.293. The highest BCUT2D eigenvalue weighted by atomic mass is 16.3. The fourth-order valence-electron chi connectivity index (χ4n) is 1.96. The number of rotatable bonds is 1. The predicted octanol–water partition coefficient (Wildman–Crippen LogP) is 1.70. The van der Waals surface area contributed by atoms with Crippen molar-refractivity contribution in [2.24, 2.45) is 7.05 Å². The summed E-state index contributed by atoms with van der Waals surface area (Å²) in [6.07, 6.45) is 1.72. The van der Waals surface area contributed by atoms with Crippen molar-refractivity contribution in [1.82, 2.24) is 14.8 Å². The summed E-state index contributed by atoms with van der Waals surface area (Å²) < 4.78 is 1.65. The highest BCUT2D eigenvalue weighted by Crippen LogP contribution is 2.25. The first-order valence-corrected chi connectivity index (χ1v) is 5.78. The molecule has 0 unspecified atom stereocenters. The van der Waals surface area contributed by atoms with Crippen LogP contribution in [0.15, 0.2) is 47.4 Å². The van der Waals surface area contributed by atoms with Crippen LogP contribution in [-0.4, -0.2) is 19.9 Å². The Labute approximate surface area is 108 Å². The molecular formula is C14H11N3O2. The first-order chi connectivity index (χ1) is 9.16. The minimum atomic E-state index is -0.424. The summed E-state index contributed by atoms with van der Waals surface area (Å²) in [4.78, 5) is 16.0. The standard InChI is InChI=1S/C14H11N3O2/c1-17-14-9(8-15-17)6-7-11(16-14)10-4-2-3-5-12(18)13(10)19/h2-8H,1H3,(H,18,19). The second-order valence-corrected chi connectivity index (χ2v) is 4.22. The third kappa shape index (κ3) is 1.85. The minimum Gasteiger partial charge on any atom is -0.504 e. The van der Waals surface area contributed by atoms with E-state index in [4.69, 9.17) is 0 Å². The molecule has 0 bridgehead atoms. The van der Waals surface area contributed by atoms with Gasteiger partial charge in [0.15, 0.2) is 11.4 Å².